The fourth-order valence-electron chi connectivity index (χ4n) is 1.82. The molecule has 1 heterocycles. The number of benzene rings is 1. The van der Waals surface area contributed by atoms with Crippen LogP contribution in [0, 0.1) is 0 Å². The Balaban J connectivity index is 2.06. The molecule has 0 bridgehead atoms. The van der Waals surface area contributed by atoms with Gasteiger partial charge in [-0.15, -0.1) is 0 Å². The molecule has 90 valence electrons. The van der Waals surface area contributed by atoms with E-state index in [9.17, 15) is 4.79 Å². The van der Waals surface area contributed by atoms with Gasteiger partial charge in [-0.05, 0) is 12.5 Å². The van der Waals surface area contributed by atoms with Crippen LogP contribution in [0.25, 0.3) is 0 Å². The second-order valence-corrected chi connectivity index (χ2v) is 4.32. The number of esters is 1. The molecule has 2 rings (SSSR count). The summed E-state index contributed by atoms with van der Waals surface area (Å²) in [7, 11) is 0. The molecule has 0 radical (unpaired) electrons. The zero-order chi connectivity index (χ0) is 12.3. The topological polar surface area (TPSA) is 35.5 Å². The Hall–Kier alpha value is -1.61. The molecule has 1 aliphatic heterocycles. The van der Waals surface area contributed by atoms with Crippen molar-refractivity contribution in [2.75, 3.05) is 13.2 Å². The molecule has 1 saturated heterocycles. The first-order valence-corrected chi connectivity index (χ1v) is 5.66. The minimum atomic E-state index is -0.452. The third kappa shape index (κ3) is 2.39. The van der Waals surface area contributed by atoms with Crippen LogP contribution in [-0.2, 0) is 19.9 Å². The van der Waals surface area contributed by atoms with Crippen molar-refractivity contribution < 1.29 is 14.3 Å². The first-order valence-electron chi connectivity index (χ1n) is 5.66. The van der Waals surface area contributed by atoms with Crippen molar-refractivity contribution in [2.24, 2.45) is 0 Å². The molecule has 1 aromatic carbocycles. The highest BCUT2D eigenvalue weighted by Crippen LogP contribution is 2.37. The van der Waals surface area contributed by atoms with Crippen molar-refractivity contribution in [3.63, 3.8) is 0 Å². The Morgan fingerprint density at radius 1 is 1.47 bits per heavy atom. The first kappa shape index (κ1) is 11.9. The molecule has 0 amide bonds. The number of hydrogen-bond donors (Lipinski definition) is 0. The minimum Gasteiger partial charge on any atom is -0.459 e. The highest BCUT2D eigenvalue weighted by Gasteiger charge is 2.41. The zero-order valence-electron chi connectivity index (χ0n) is 9.94. The van der Waals surface area contributed by atoms with Gasteiger partial charge in [0, 0.05) is 12.0 Å². The highest BCUT2D eigenvalue weighted by atomic mass is 16.6. The summed E-state index contributed by atoms with van der Waals surface area (Å²) in [5, 5.41) is 0. The molecule has 3 nitrogen and oxygen atoms in total. The van der Waals surface area contributed by atoms with E-state index in [1.165, 1.54) is 0 Å². The Bertz CT molecular complexity index is 418. The standard InChI is InChI=1S/C14H16O3/c1-11(2)13(15)16-10-14(8-9-17-14)12-6-4-3-5-7-12/h3-7H,1,8-10H2,2H3. The van der Waals surface area contributed by atoms with E-state index >= 15 is 0 Å². The van der Waals surface area contributed by atoms with Crippen LogP contribution >= 0.6 is 0 Å². The van der Waals surface area contributed by atoms with Crippen LogP contribution in [0.5, 0.6) is 0 Å². The van der Waals surface area contributed by atoms with Crippen LogP contribution in [0.1, 0.15) is 18.9 Å². The maximum atomic E-state index is 11.4. The molecule has 0 aliphatic carbocycles. The molecule has 17 heavy (non-hydrogen) atoms. The van der Waals surface area contributed by atoms with Gasteiger partial charge in [-0.1, -0.05) is 36.9 Å². The van der Waals surface area contributed by atoms with Gasteiger partial charge in [0.05, 0.1) is 6.61 Å². The lowest BCUT2D eigenvalue weighted by atomic mass is 9.87. The second kappa shape index (κ2) is 4.72. The van der Waals surface area contributed by atoms with E-state index in [4.69, 9.17) is 9.47 Å². The van der Waals surface area contributed by atoms with Gasteiger partial charge in [0.25, 0.3) is 0 Å². The Kier molecular flexibility index (Phi) is 3.29. The van der Waals surface area contributed by atoms with E-state index in [0.717, 1.165) is 12.0 Å². The van der Waals surface area contributed by atoms with Crippen molar-refractivity contribution in [1.29, 1.82) is 0 Å². The fraction of sp³-hybridized carbons (Fsp3) is 0.357. The summed E-state index contributed by atoms with van der Waals surface area (Å²) >= 11 is 0. The molecule has 0 saturated carbocycles. The number of carbonyl (C=O) groups is 1. The molecule has 1 aromatic rings. The minimum absolute atomic E-state index is 0.253. The number of carbonyl (C=O) groups excluding carboxylic acids is 1. The summed E-state index contributed by atoms with van der Waals surface area (Å²) in [6.07, 6.45) is 0.875. The lowest BCUT2D eigenvalue weighted by Crippen LogP contribution is -2.45. The average molecular weight is 232 g/mol. The summed E-state index contributed by atoms with van der Waals surface area (Å²) in [4.78, 5) is 11.4. The SMILES string of the molecule is C=C(C)C(=O)OCC1(c2ccccc2)CCO1. The maximum absolute atomic E-state index is 11.4. The van der Waals surface area contributed by atoms with E-state index in [1.54, 1.807) is 6.92 Å². The molecule has 1 aliphatic rings. The fourth-order valence-corrected chi connectivity index (χ4v) is 1.82. The van der Waals surface area contributed by atoms with Crippen molar-refractivity contribution in [3.8, 4) is 0 Å². The predicted molar refractivity (Wildman–Crippen MR) is 64.5 cm³/mol. The van der Waals surface area contributed by atoms with Crippen molar-refractivity contribution in [3.05, 3.63) is 48.0 Å². The third-order valence-electron chi connectivity index (χ3n) is 2.97. The normalized spacial score (nSPS) is 22.6. The van der Waals surface area contributed by atoms with E-state index in [1.807, 2.05) is 30.3 Å². The largest absolute Gasteiger partial charge is 0.459 e. The van der Waals surface area contributed by atoms with Crippen LogP contribution in [-0.4, -0.2) is 19.2 Å². The van der Waals surface area contributed by atoms with E-state index in [0.29, 0.717) is 12.2 Å². The van der Waals surface area contributed by atoms with Crippen LogP contribution in [0.15, 0.2) is 42.5 Å². The molecular formula is C14H16O3. The Morgan fingerprint density at radius 2 is 2.12 bits per heavy atom. The summed E-state index contributed by atoms with van der Waals surface area (Å²) in [6, 6.07) is 9.86. The van der Waals surface area contributed by atoms with Crippen LogP contribution in [0.3, 0.4) is 0 Å². The van der Waals surface area contributed by atoms with Gasteiger partial charge in [0.15, 0.2) is 0 Å². The first-order chi connectivity index (χ1) is 8.14. The van der Waals surface area contributed by atoms with Gasteiger partial charge < -0.3 is 9.47 Å². The summed E-state index contributed by atoms with van der Waals surface area (Å²) in [6.45, 7) is 6.16. The van der Waals surface area contributed by atoms with Crippen molar-refractivity contribution in [2.45, 2.75) is 18.9 Å². The van der Waals surface area contributed by atoms with E-state index in [2.05, 4.69) is 6.58 Å². The molecule has 1 fully saturated rings. The van der Waals surface area contributed by atoms with Gasteiger partial charge in [0.2, 0.25) is 0 Å². The monoisotopic (exact) mass is 232 g/mol. The molecule has 0 aromatic heterocycles. The van der Waals surface area contributed by atoms with E-state index in [-0.39, 0.29) is 12.6 Å². The number of rotatable bonds is 4. The molecule has 0 N–H and O–H groups in total. The quantitative estimate of drug-likeness (QED) is 0.590. The van der Waals surface area contributed by atoms with Gasteiger partial charge in [-0.2, -0.15) is 0 Å². The average Bonchev–Trinajstić information content (AvgIpc) is 2.28. The lowest BCUT2D eigenvalue weighted by Gasteiger charge is -2.41. The molecule has 1 unspecified atom stereocenters. The van der Waals surface area contributed by atoms with Crippen LogP contribution < -0.4 is 0 Å². The highest BCUT2D eigenvalue weighted by molar-refractivity contribution is 5.86. The lowest BCUT2D eigenvalue weighted by molar-refractivity contribution is -0.192. The molecule has 0 spiro atoms. The molecule has 1 atom stereocenters. The number of ether oxygens (including phenoxy) is 2. The summed E-state index contributed by atoms with van der Waals surface area (Å²) in [5.74, 6) is -0.365. The smallest absolute Gasteiger partial charge is 0.333 e. The Labute approximate surface area is 101 Å². The van der Waals surface area contributed by atoms with Crippen LogP contribution in [0.2, 0.25) is 0 Å². The van der Waals surface area contributed by atoms with Crippen molar-refractivity contribution >= 4 is 5.97 Å². The van der Waals surface area contributed by atoms with Gasteiger partial charge >= 0.3 is 5.97 Å². The third-order valence-corrected chi connectivity index (χ3v) is 2.97. The van der Waals surface area contributed by atoms with Gasteiger partial charge in [-0.3, -0.25) is 0 Å². The van der Waals surface area contributed by atoms with Gasteiger partial charge in [0.1, 0.15) is 12.2 Å². The second-order valence-electron chi connectivity index (χ2n) is 4.32. The number of hydrogen-bond acceptors (Lipinski definition) is 3. The predicted octanol–water partition coefficient (Wildman–Crippen LogP) is 2.42. The zero-order valence-corrected chi connectivity index (χ0v) is 9.94. The molecule has 3 heteroatoms. The van der Waals surface area contributed by atoms with Crippen molar-refractivity contribution in [1.82, 2.24) is 0 Å². The van der Waals surface area contributed by atoms with Crippen LogP contribution in [0.4, 0.5) is 0 Å². The van der Waals surface area contributed by atoms with E-state index < -0.39 is 5.60 Å². The molecular weight excluding hydrogens is 216 g/mol. The summed E-state index contributed by atoms with van der Waals surface area (Å²) in [5.41, 5.74) is 1.01. The van der Waals surface area contributed by atoms with Gasteiger partial charge in [-0.25, -0.2) is 4.79 Å². The Morgan fingerprint density at radius 3 is 2.59 bits per heavy atom. The summed E-state index contributed by atoms with van der Waals surface area (Å²) < 4.78 is 10.8. The maximum Gasteiger partial charge on any atom is 0.333 e.